The van der Waals surface area contributed by atoms with E-state index in [1.54, 1.807) is 10.9 Å². The molecule has 0 aliphatic rings. The Balaban J connectivity index is 2.74. The standard InChI is InChI=1S/C12H13FN2O2/c1-7(2)15-11-5-8(13)4-9(12(16)17-3)10(11)6-14-15/h4-7H,1-3H3. The van der Waals surface area contributed by atoms with Crippen LogP contribution in [-0.4, -0.2) is 22.9 Å². The number of carbonyl (C=O) groups is 1. The van der Waals surface area contributed by atoms with Crippen molar-refractivity contribution in [2.24, 2.45) is 0 Å². The summed E-state index contributed by atoms with van der Waals surface area (Å²) < 4.78 is 19.8. The Labute approximate surface area is 98.0 Å². The van der Waals surface area contributed by atoms with Crippen molar-refractivity contribution in [3.8, 4) is 0 Å². The molecule has 0 radical (unpaired) electrons. The van der Waals surface area contributed by atoms with Crippen LogP contribution in [0.3, 0.4) is 0 Å². The second-order valence-electron chi connectivity index (χ2n) is 4.06. The maximum atomic E-state index is 13.5. The average molecular weight is 236 g/mol. The monoisotopic (exact) mass is 236 g/mol. The summed E-state index contributed by atoms with van der Waals surface area (Å²) in [5.41, 5.74) is 0.801. The summed E-state index contributed by atoms with van der Waals surface area (Å²) in [6.07, 6.45) is 1.56. The van der Waals surface area contributed by atoms with Gasteiger partial charge in [-0.1, -0.05) is 0 Å². The number of hydrogen-bond acceptors (Lipinski definition) is 3. The number of fused-ring (bicyclic) bond motifs is 1. The molecule has 5 heteroatoms. The van der Waals surface area contributed by atoms with Gasteiger partial charge in [-0.15, -0.1) is 0 Å². The first-order valence-corrected chi connectivity index (χ1v) is 5.29. The predicted molar refractivity (Wildman–Crippen MR) is 61.4 cm³/mol. The molecule has 0 unspecified atom stereocenters. The van der Waals surface area contributed by atoms with E-state index < -0.39 is 11.8 Å². The highest BCUT2D eigenvalue weighted by molar-refractivity contribution is 6.03. The summed E-state index contributed by atoms with van der Waals surface area (Å²) in [4.78, 5) is 11.5. The van der Waals surface area contributed by atoms with Gasteiger partial charge in [0.1, 0.15) is 5.82 Å². The number of rotatable bonds is 2. The average Bonchev–Trinajstić information content (AvgIpc) is 2.70. The van der Waals surface area contributed by atoms with Gasteiger partial charge in [0.2, 0.25) is 0 Å². The van der Waals surface area contributed by atoms with E-state index >= 15 is 0 Å². The minimum atomic E-state index is -0.558. The Morgan fingerprint density at radius 1 is 1.47 bits per heavy atom. The molecule has 0 aliphatic heterocycles. The zero-order valence-electron chi connectivity index (χ0n) is 9.90. The number of aromatic nitrogens is 2. The Hall–Kier alpha value is -1.91. The Bertz CT molecular complexity index is 575. The van der Waals surface area contributed by atoms with Gasteiger partial charge >= 0.3 is 5.97 Å². The van der Waals surface area contributed by atoms with E-state index in [9.17, 15) is 9.18 Å². The topological polar surface area (TPSA) is 44.1 Å². The van der Waals surface area contributed by atoms with Gasteiger partial charge in [-0.05, 0) is 26.0 Å². The van der Waals surface area contributed by atoms with Crippen molar-refractivity contribution in [1.82, 2.24) is 9.78 Å². The third kappa shape index (κ3) is 1.88. The van der Waals surface area contributed by atoms with E-state index in [-0.39, 0.29) is 11.6 Å². The molecule has 2 rings (SSSR count). The molecule has 0 saturated carbocycles. The second-order valence-corrected chi connectivity index (χ2v) is 4.06. The van der Waals surface area contributed by atoms with Crippen LogP contribution in [0.2, 0.25) is 0 Å². The zero-order valence-corrected chi connectivity index (χ0v) is 9.90. The molecule has 0 saturated heterocycles. The lowest BCUT2D eigenvalue weighted by Crippen LogP contribution is -2.05. The summed E-state index contributed by atoms with van der Waals surface area (Å²) in [6.45, 7) is 3.88. The lowest BCUT2D eigenvalue weighted by Gasteiger charge is -2.08. The summed E-state index contributed by atoms with van der Waals surface area (Å²) >= 11 is 0. The van der Waals surface area contributed by atoms with Crippen LogP contribution in [0.4, 0.5) is 4.39 Å². The maximum absolute atomic E-state index is 13.5. The van der Waals surface area contributed by atoms with Crippen molar-refractivity contribution < 1.29 is 13.9 Å². The molecular weight excluding hydrogens is 223 g/mol. The van der Waals surface area contributed by atoms with Gasteiger partial charge in [-0.25, -0.2) is 9.18 Å². The van der Waals surface area contributed by atoms with E-state index in [0.29, 0.717) is 10.9 Å². The van der Waals surface area contributed by atoms with Gasteiger partial charge in [0.05, 0.1) is 24.4 Å². The molecule has 1 aromatic carbocycles. The Morgan fingerprint density at radius 2 is 2.18 bits per heavy atom. The number of ether oxygens (including phenoxy) is 1. The number of halogens is 1. The number of hydrogen-bond donors (Lipinski definition) is 0. The predicted octanol–water partition coefficient (Wildman–Crippen LogP) is 2.54. The fraction of sp³-hybridized carbons (Fsp3) is 0.333. The third-order valence-corrected chi connectivity index (χ3v) is 2.58. The quantitative estimate of drug-likeness (QED) is 0.752. The number of nitrogens with zero attached hydrogens (tertiary/aromatic N) is 2. The highest BCUT2D eigenvalue weighted by Gasteiger charge is 2.16. The van der Waals surface area contributed by atoms with Crippen LogP contribution in [0.25, 0.3) is 10.9 Å². The molecule has 0 fully saturated rings. The van der Waals surface area contributed by atoms with Crippen LogP contribution in [0.5, 0.6) is 0 Å². The molecule has 0 spiro atoms. The first kappa shape index (κ1) is 11.6. The van der Waals surface area contributed by atoms with E-state index in [1.807, 2.05) is 13.8 Å². The summed E-state index contributed by atoms with van der Waals surface area (Å²) in [5, 5.41) is 4.76. The van der Waals surface area contributed by atoms with Gasteiger partial charge in [0, 0.05) is 11.4 Å². The first-order chi connectivity index (χ1) is 8.04. The normalized spacial score (nSPS) is 11.1. The van der Waals surface area contributed by atoms with Gasteiger partial charge in [-0.2, -0.15) is 5.10 Å². The van der Waals surface area contributed by atoms with Crippen molar-refractivity contribution in [3.05, 3.63) is 29.7 Å². The molecular formula is C12H13FN2O2. The third-order valence-electron chi connectivity index (χ3n) is 2.58. The van der Waals surface area contributed by atoms with Crippen LogP contribution in [0, 0.1) is 5.82 Å². The van der Waals surface area contributed by atoms with Crippen molar-refractivity contribution in [2.75, 3.05) is 7.11 Å². The molecule has 1 heterocycles. The van der Waals surface area contributed by atoms with Crippen LogP contribution < -0.4 is 0 Å². The van der Waals surface area contributed by atoms with Crippen LogP contribution in [0.1, 0.15) is 30.2 Å². The zero-order chi connectivity index (χ0) is 12.6. The van der Waals surface area contributed by atoms with E-state index in [2.05, 4.69) is 9.84 Å². The molecule has 0 aliphatic carbocycles. The lowest BCUT2D eigenvalue weighted by molar-refractivity contribution is 0.0602. The van der Waals surface area contributed by atoms with Crippen LogP contribution in [0.15, 0.2) is 18.3 Å². The molecule has 0 atom stereocenters. The van der Waals surface area contributed by atoms with Crippen molar-refractivity contribution >= 4 is 16.9 Å². The van der Waals surface area contributed by atoms with Gasteiger partial charge in [0.15, 0.2) is 0 Å². The molecule has 0 bridgehead atoms. The molecule has 0 amide bonds. The minimum Gasteiger partial charge on any atom is -0.465 e. The number of methoxy groups -OCH3 is 1. The number of carbonyl (C=O) groups excluding carboxylic acids is 1. The van der Waals surface area contributed by atoms with Crippen LogP contribution in [-0.2, 0) is 4.74 Å². The molecule has 4 nitrogen and oxygen atoms in total. The van der Waals surface area contributed by atoms with Gasteiger partial charge in [-0.3, -0.25) is 4.68 Å². The van der Waals surface area contributed by atoms with Crippen LogP contribution >= 0.6 is 0 Å². The lowest BCUT2D eigenvalue weighted by atomic mass is 10.1. The molecule has 2 aromatic rings. The van der Waals surface area contributed by atoms with E-state index in [1.165, 1.54) is 19.2 Å². The Kier molecular flexibility index (Phi) is 2.83. The van der Waals surface area contributed by atoms with Crippen molar-refractivity contribution in [3.63, 3.8) is 0 Å². The highest BCUT2D eigenvalue weighted by Crippen LogP contribution is 2.23. The summed E-state index contributed by atoms with van der Waals surface area (Å²) in [6, 6.07) is 2.63. The smallest absolute Gasteiger partial charge is 0.338 e. The molecule has 0 N–H and O–H groups in total. The van der Waals surface area contributed by atoms with Crippen molar-refractivity contribution in [2.45, 2.75) is 19.9 Å². The second kappa shape index (κ2) is 4.16. The van der Waals surface area contributed by atoms with Gasteiger partial charge in [0.25, 0.3) is 0 Å². The fourth-order valence-electron chi connectivity index (χ4n) is 1.80. The van der Waals surface area contributed by atoms with Crippen molar-refractivity contribution in [1.29, 1.82) is 0 Å². The fourth-order valence-corrected chi connectivity index (χ4v) is 1.80. The van der Waals surface area contributed by atoms with Gasteiger partial charge < -0.3 is 4.74 Å². The van der Waals surface area contributed by atoms with E-state index in [4.69, 9.17) is 0 Å². The SMILES string of the molecule is COC(=O)c1cc(F)cc2c1cnn2C(C)C. The summed E-state index contributed by atoms with van der Waals surface area (Å²) in [7, 11) is 1.27. The summed E-state index contributed by atoms with van der Waals surface area (Å²) in [5.74, 6) is -1.03. The maximum Gasteiger partial charge on any atom is 0.338 e. The Morgan fingerprint density at radius 3 is 2.76 bits per heavy atom. The first-order valence-electron chi connectivity index (χ1n) is 5.29. The molecule has 17 heavy (non-hydrogen) atoms. The largest absolute Gasteiger partial charge is 0.465 e. The molecule has 1 aromatic heterocycles. The van der Waals surface area contributed by atoms with E-state index in [0.717, 1.165) is 0 Å². The molecule has 90 valence electrons. The minimum absolute atomic E-state index is 0.0970. The number of benzene rings is 1. The highest BCUT2D eigenvalue weighted by atomic mass is 19.1. The number of esters is 1.